The monoisotopic (exact) mass is 350 g/mol. The van der Waals surface area contributed by atoms with E-state index in [1.807, 2.05) is 0 Å². The third kappa shape index (κ3) is 7.69. The molecule has 1 aromatic rings. The smallest absolute Gasteiger partial charge is 0.407 e. The zero-order chi connectivity index (χ0) is 19.0. The number of ether oxygens (including phenoxy) is 2. The highest BCUT2D eigenvalue weighted by Gasteiger charge is 2.16. The summed E-state index contributed by atoms with van der Waals surface area (Å²) in [6.07, 6.45) is -0.285. The summed E-state index contributed by atoms with van der Waals surface area (Å²) in [7, 11) is 1.47. The molecule has 7 heteroatoms. The Bertz CT molecular complexity index is 635. The fourth-order valence-electron chi connectivity index (χ4n) is 2.08. The molecule has 0 atom stereocenters. The van der Waals surface area contributed by atoms with E-state index >= 15 is 0 Å². The molecule has 25 heavy (non-hydrogen) atoms. The lowest BCUT2D eigenvalue weighted by Gasteiger charge is -2.19. The Morgan fingerprint density at radius 2 is 1.72 bits per heavy atom. The van der Waals surface area contributed by atoms with Gasteiger partial charge in [-0.15, -0.1) is 0 Å². The normalized spacial score (nSPS) is 10.8. The predicted molar refractivity (Wildman–Crippen MR) is 93.9 cm³/mol. The molecular weight excluding hydrogens is 324 g/mol. The van der Waals surface area contributed by atoms with Crippen LogP contribution in [0.5, 0.6) is 5.75 Å². The van der Waals surface area contributed by atoms with Crippen molar-refractivity contribution in [2.75, 3.05) is 20.2 Å². The number of rotatable bonds is 7. The fraction of sp³-hybridized carbons (Fsp3) is 0.500. The van der Waals surface area contributed by atoms with Crippen LogP contribution >= 0.6 is 0 Å². The molecule has 138 valence electrons. The molecule has 0 bridgehead atoms. The SMILES string of the molecule is COc1ccc(CC(C)=O)cc1C(=O)NCCNC(=O)OC(C)(C)C. The Morgan fingerprint density at radius 3 is 2.28 bits per heavy atom. The summed E-state index contributed by atoms with van der Waals surface area (Å²) in [4.78, 5) is 35.1. The lowest BCUT2D eigenvalue weighted by atomic mass is 10.0. The maximum absolute atomic E-state index is 12.3. The molecule has 0 spiro atoms. The summed E-state index contributed by atoms with van der Waals surface area (Å²) >= 11 is 0. The average molecular weight is 350 g/mol. The zero-order valence-electron chi connectivity index (χ0n) is 15.4. The van der Waals surface area contributed by atoms with Gasteiger partial charge in [0.05, 0.1) is 12.7 Å². The molecule has 0 saturated carbocycles. The molecule has 1 rings (SSSR count). The Kier molecular flexibility index (Phi) is 7.42. The van der Waals surface area contributed by atoms with Gasteiger partial charge in [0.1, 0.15) is 17.1 Å². The summed E-state index contributed by atoms with van der Waals surface area (Å²) < 4.78 is 10.3. The first-order chi connectivity index (χ1) is 11.6. The first-order valence-corrected chi connectivity index (χ1v) is 8.04. The number of carbonyl (C=O) groups is 3. The van der Waals surface area contributed by atoms with Crippen LogP contribution in [0.2, 0.25) is 0 Å². The van der Waals surface area contributed by atoms with Crippen molar-refractivity contribution >= 4 is 17.8 Å². The zero-order valence-corrected chi connectivity index (χ0v) is 15.4. The highest BCUT2D eigenvalue weighted by molar-refractivity contribution is 5.97. The Labute approximate surface area is 148 Å². The van der Waals surface area contributed by atoms with Crippen LogP contribution in [0.4, 0.5) is 4.79 Å². The molecule has 7 nitrogen and oxygen atoms in total. The van der Waals surface area contributed by atoms with E-state index in [1.54, 1.807) is 39.0 Å². The van der Waals surface area contributed by atoms with Crippen molar-refractivity contribution in [1.29, 1.82) is 0 Å². The van der Waals surface area contributed by atoms with Crippen LogP contribution in [-0.4, -0.2) is 43.6 Å². The molecule has 0 aliphatic carbocycles. The van der Waals surface area contributed by atoms with Crippen molar-refractivity contribution in [2.24, 2.45) is 0 Å². The third-order valence-corrected chi connectivity index (χ3v) is 3.04. The second-order valence-corrected chi connectivity index (χ2v) is 6.60. The molecule has 2 amide bonds. The molecule has 0 saturated heterocycles. The van der Waals surface area contributed by atoms with Crippen LogP contribution in [0, 0.1) is 0 Å². The van der Waals surface area contributed by atoms with Crippen molar-refractivity contribution in [2.45, 2.75) is 39.7 Å². The summed E-state index contributed by atoms with van der Waals surface area (Å²) in [5.41, 5.74) is 0.515. The van der Waals surface area contributed by atoms with Gasteiger partial charge in [0.2, 0.25) is 0 Å². The molecule has 0 aliphatic heterocycles. The molecule has 1 aromatic carbocycles. The number of Topliss-reactive ketones (excluding diaryl/α,β-unsaturated/α-hetero) is 1. The van der Waals surface area contributed by atoms with E-state index in [0.29, 0.717) is 11.3 Å². The van der Waals surface area contributed by atoms with Gasteiger partial charge < -0.3 is 20.1 Å². The van der Waals surface area contributed by atoms with Crippen LogP contribution in [0.25, 0.3) is 0 Å². The van der Waals surface area contributed by atoms with Crippen LogP contribution in [0.1, 0.15) is 43.6 Å². The molecular formula is C18H26N2O5. The Hall–Kier alpha value is -2.57. The quantitative estimate of drug-likeness (QED) is 0.734. The molecule has 2 N–H and O–H groups in total. The number of ketones is 1. The van der Waals surface area contributed by atoms with Gasteiger partial charge in [-0.3, -0.25) is 9.59 Å². The number of nitrogens with one attached hydrogen (secondary N) is 2. The summed E-state index contributed by atoms with van der Waals surface area (Å²) in [6, 6.07) is 5.05. The topological polar surface area (TPSA) is 93.7 Å². The molecule has 0 heterocycles. The molecule has 0 unspecified atom stereocenters. The highest BCUT2D eigenvalue weighted by atomic mass is 16.6. The van der Waals surface area contributed by atoms with Crippen LogP contribution < -0.4 is 15.4 Å². The minimum atomic E-state index is -0.572. The van der Waals surface area contributed by atoms with Crippen LogP contribution in [0.3, 0.4) is 0 Å². The van der Waals surface area contributed by atoms with Crippen molar-refractivity contribution in [1.82, 2.24) is 10.6 Å². The predicted octanol–water partition coefficient (Wildman–Crippen LogP) is 2.08. The van der Waals surface area contributed by atoms with Gasteiger partial charge in [-0.1, -0.05) is 6.07 Å². The third-order valence-electron chi connectivity index (χ3n) is 3.04. The maximum atomic E-state index is 12.3. The number of hydrogen-bond donors (Lipinski definition) is 2. The van der Waals surface area contributed by atoms with Crippen molar-refractivity contribution in [3.63, 3.8) is 0 Å². The Morgan fingerprint density at radius 1 is 1.08 bits per heavy atom. The van der Waals surface area contributed by atoms with Crippen LogP contribution in [-0.2, 0) is 16.0 Å². The minimum Gasteiger partial charge on any atom is -0.496 e. The van der Waals surface area contributed by atoms with E-state index in [1.165, 1.54) is 14.0 Å². The first kappa shape index (κ1) is 20.5. The molecule has 0 aliphatic rings. The molecule has 0 radical (unpaired) electrons. The van der Waals surface area contributed by atoms with E-state index in [2.05, 4.69) is 10.6 Å². The van der Waals surface area contributed by atoms with Gasteiger partial charge in [0.15, 0.2) is 0 Å². The van der Waals surface area contributed by atoms with E-state index in [0.717, 1.165) is 5.56 Å². The van der Waals surface area contributed by atoms with E-state index in [-0.39, 0.29) is 31.2 Å². The van der Waals surface area contributed by atoms with Gasteiger partial charge in [0, 0.05) is 19.5 Å². The Balaban J connectivity index is 2.59. The number of benzene rings is 1. The van der Waals surface area contributed by atoms with E-state index in [9.17, 15) is 14.4 Å². The lowest BCUT2D eigenvalue weighted by Crippen LogP contribution is -2.37. The van der Waals surface area contributed by atoms with Gasteiger partial charge in [-0.25, -0.2) is 4.79 Å². The molecule has 0 fully saturated rings. The van der Waals surface area contributed by atoms with Gasteiger partial charge in [-0.05, 0) is 45.4 Å². The minimum absolute atomic E-state index is 0.0121. The van der Waals surface area contributed by atoms with Gasteiger partial charge in [0.25, 0.3) is 5.91 Å². The van der Waals surface area contributed by atoms with Gasteiger partial charge >= 0.3 is 6.09 Å². The first-order valence-electron chi connectivity index (χ1n) is 8.04. The standard InChI is InChI=1S/C18H26N2O5/c1-12(21)10-13-6-7-15(24-5)14(11-13)16(22)19-8-9-20-17(23)25-18(2,3)4/h6-7,11H,8-10H2,1-5H3,(H,19,22)(H,20,23). The van der Waals surface area contributed by atoms with Crippen molar-refractivity contribution in [3.8, 4) is 5.75 Å². The second-order valence-electron chi connectivity index (χ2n) is 6.60. The number of hydrogen-bond acceptors (Lipinski definition) is 5. The largest absolute Gasteiger partial charge is 0.496 e. The summed E-state index contributed by atoms with van der Waals surface area (Å²) in [5, 5.41) is 5.26. The number of methoxy groups -OCH3 is 1. The van der Waals surface area contributed by atoms with E-state index < -0.39 is 11.7 Å². The number of amides is 2. The van der Waals surface area contributed by atoms with Gasteiger partial charge in [-0.2, -0.15) is 0 Å². The highest BCUT2D eigenvalue weighted by Crippen LogP contribution is 2.20. The molecule has 0 aromatic heterocycles. The maximum Gasteiger partial charge on any atom is 0.407 e. The number of carbonyl (C=O) groups excluding carboxylic acids is 3. The van der Waals surface area contributed by atoms with Crippen molar-refractivity contribution < 1.29 is 23.9 Å². The van der Waals surface area contributed by atoms with Crippen molar-refractivity contribution in [3.05, 3.63) is 29.3 Å². The van der Waals surface area contributed by atoms with E-state index in [4.69, 9.17) is 9.47 Å². The van der Waals surface area contributed by atoms with Crippen LogP contribution in [0.15, 0.2) is 18.2 Å². The second kappa shape index (κ2) is 9.05. The summed E-state index contributed by atoms with van der Waals surface area (Å²) in [5.74, 6) is 0.0937. The number of alkyl carbamates (subject to hydrolysis) is 1. The summed E-state index contributed by atoms with van der Waals surface area (Å²) in [6.45, 7) is 7.28. The lowest BCUT2D eigenvalue weighted by molar-refractivity contribution is -0.116. The average Bonchev–Trinajstić information content (AvgIpc) is 2.49. The fourth-order valence-corrected chi connectivity index (χ4v) is 2.08.